The fourth-order valence-electron chi connectivity index (χ4n) is 2.92. The zero-order chi connectivity index (χ0) is 20.9. The topological polar surface area (TPSA) is 64.2 Å². The normalized spacial score (nSPS) is 11.0. The van der Waals surface area contributed by atoms with Crippen LogP contribution < -0.4 is 0 Å². The van der Waals surface area contributed by atoms with E-state index in [-0.39, 0.29) is 11.7 Å². The lowest BCUT2D eigenvalue weighted by Gasteiger charge is -2.21. The summed E-state index contributed by atoms with van der Waals surface area (Å²) in [5.41, 5.74) is 0.851. The Bertz CT molecular complexity index is 1120. The highest BCUT2D eigenvalue weighted by Gasteiger charge is 2.19. The summed E-state index contributed by atoms with van der Waals surface area (Å²) in [5.74, 6) is 0.997. The molecule has 0 spiro atoms. The Morgan fingerprint density at radius 2 is 2.13 bits per heavy atom. The Labute approximate surface area is 187 Å². The number of nitrogens with zero attached hydrogens (tertiary/aromatic N) is 4. The number of aryl methyl sites for hydroxylation is 1. The SMILES string of the molecule is Cc1ccc(CN(Cc2ccco2)C(=O)CSc2nncn2-c2cccc(Cl)c2)s1. The van der Waals surface area contributed by atoms with E-state index in [9.17, 15) is 4.79 Å². The van der Waals surface area contributed by atoms with E-state index in [4.69, 9.17) is 16.0 Å². The van der Waals surface area contributed by atoms with E-state index < -0.39 is 0 Å². The lowest BCUT2D eigenvalue weighted by molar-refractivity contribution is -0.129. The molecule has 0 fully saturated rings. The van der Waals surface area contributed by atoms with E-state index in [0.29, 0.717) is 23.3 Å². The number of carbonyl (C=O) groups excluding carboxylic acids is 1. The van der Waals surface area contributed by atoms with Gasteiger partial charge in [0.1, 0.15) is 12.1 Å². The number of aromatic nitrogens is 3. The number of thioether (sulfide) groups is 1. The molecule has 3 heterocycles. The van der Waals surface area contributed by atoms with Crippen LogP contribution in [0.4, 0.5) is 0 Å². The van der Waals surface area contributed by atoms with Gasteiger partial charge in [-0.15, -0.1) is 21.5 Å². The second kappa shape index (κ2) is 9.51. The molecule has 0 aliphatic heterocycles. The average Bonchev–Trinajstić information content (AvgIpc) is 3.48. The van der Waals surface area contributed by atoms with Gasteiger partial charge in [-0.05, 0) is 49.4 Å². The third-order valence-electron chi connectivity index (χ3n) is 4.35. The van der Waals surface area contributed by atoms with Crippen LogP contribution in [-0.2, 0) is 17.9 Å². The first kappa shape index (κ1) is 20.7. The number of benzene rings is 1. The van der Waals surface area contributed by atoms with Gasteiger partial charge in [0.2, 0.25) is 5.91 Å². The number of carbonyl (C=O) groups is 1. The number of halogens is 1. The maximum atomic E-state index is 13.1. The summed E-state index contributed by atoms with van der Waals surface area (Å²) < 4.78 is 7.28. The van der Waals surface area contributed by atoms with Crippen LogP contribution in [0.3, 0.4) is 0 Å². The van der Waals surface area contributed by atoms with E-state index in [1.807, 2.05) is 41.0 Å². The minimum atomic E-state index is 0.00287. The first-order valence-corrected chi connectivity index (χ1v) is 11.4. The van der Waals surface area contributed by atoms with E-state index in [1.165, 1.54) is 16.6 Å². The van der Waals surface area contributed by atoms with Crippen LogP contribution in [0.15, 0.2) is 70.7 Å². The molecular formula is C21H19ClN4O2S2. The standard InChI is InChI=1S/C21H19ClN4O2S2/c1-15-7-8-19(30-15)12-25(11-18-6-3-9-28-18)20(27)13-29-21-24-23-14-26(21)17-5-2-4-16(22)10-17/h2-10,14H,11-13H2,1H3. The van der Waals surface area contributed by atoms with Gasteiger partial charge in [0.05, 0.1) is 30.8 Å². The number of rotatable bonds is 8. The first-order chi connectivity index (χ1) is 14.6. The number of thiophene rings is 1. The van der Waals surface area contributed by atoms with Crippen molar-refractivity contribution in [2.75, 3.05) is 5.75 Å². The summed E-state index contributed by atoms with van der Waals surface area (Å²) in [4.78, 5) is 17.2. The van der Waals surface area contributed by atoms with Gasteiger partial charge >= 0.3 is 0 Å². The predicted molar refractivity (Wildman–Crippen MR) is 119 cm³/mol. The molecule has 9 heteroatoms. The summed E-state index contributed by atoms with van der Waals surface area (Å²) in [5, 5.41) is 9.42. The van der Waals surface area contributed by atoms with Crippen LogP contribution in [0.2, 0.25) is 5.02 Å². The Balaban J connectivity index is 1.47. The molecule has 4 aromatic rings. The van der Waals surface area contributed by atoms with E-state index in [1.54, 1.807) is 28.8 Å². The quantitative estimate of drug-likeness (QED) is 0.339. The van der Waals surface area contributed by atoms with Gasteiger partial charge in [0.15, 0.2) is 5.16 Å². The van der Waals surface area contributed by atoms with E-state index in [2.05, 4.69) is 29.3 Å². The maximum Gasteiger partial charge on any atom is 0.233 e. The molecular weight excluding hydrogens is 440 g/mol. The summed E-state index contributed by atoms with van der Waals surface area (Å²) in [7, 11) is 0. The van der Waals surface area contributed by atoms with Gasteiger partial charge in [-0.2, -0.15) is 0 Å². The molecule has 0 aliphatic carbocycles. The second-order valence-electron chi connectivity index (χ2n) is 6.59. The van der Waals surface area contributed by atoms with Crippen molar-refractivity contribution in [3.63, 3.8) is 0 Å². The lowest BCUT2D eigenvalue weighted by Crippen LogP contribution is -2.31. The lowest BCUT2D eigenvalue weighted by atomic mass is 10.3. The van der Waals surface area contributed by atoms with Gasteiger partial charge in [0.25, 0.3) is 0 Å². The van der Waals surface area contributed by atoms with Crippen LogP contribution >= 0.6 is 34.7 Å². The first-order valence-electron chi connectivity index (χ1n) is 9.23. The molecule has 0 bridgehead atoms. The van der Waals surface area contributed by atoms with Crippen LogP contribution in [0.1, 0.15) is 15.5 Å². The van der Waals surface area contributed by atoms with Crippen molar-refractivity contribution in [2.45, 2.75) is 25.2 Å². The zero-order valence-corrected chi connectivity index (χ0v) is 18.6. The van der Waals surface area contributed by atoms with Gasteiger partial charge in [-0.3, -0.25) is 9.36 Å². The molecule has 0 atom stereocenters. The molecule has 30 heavy (non-hydrogen) atoms. The number of furan rings is 1. The highest BCUT2D eigenvalue weighted by atomic mass is 35.5. The zero-order valence-electron chi connectivity index (χ0n) is 16.2. The molecule has 0 saturated heterocycles. The molecule has 0 radical (unpaired) electrons. The average molecular weight is 459 g/mol. The van der Waals surface area contributed by atoms with Crippen molar-refractivity contribution >= 4 is 40.6 Å². The smallest absolute Gasteiger partial charge is 0.233 e. The molecule has 4 rings (SSSR count). The van der Waals surface area contributed by atoms with Crippen molar-refractivity contribution in [3.05, 3.63) is 81.7 Å². The summed E-state index contributed by atoms with van der Waals surface area (Å²) in [6.45, 7) is 3.02. The van der Waals surface area contributed by atoms with Crippen LogP contribution in [0.25, 0.3) is 5.69 Å². The Morgan fingerprint density at radius 1 is 1.23 bits per heavy atom. The van der Waals surface area contributed by atoms with E-state index in [0.717, 1.165) is 16.3 Å². The summed E-state index contributed by atoms with van der Waals surface area (Å²) >= 11 is 9.14. The molecule has 1 amide bonds. The largest absolute Gasteiger partial charge is 0.467 e. The Morgan fingerprint density at radius 3 is 2.87 bits per heavy atom. The van der Waals surface area contributed by atoms with Gasteiger partial charge in [-0.25, -0.2) is 0 Å². The van der Waals surface area contributed by atoms with Crippen molar-refractivity contribution in [1.82, 2.24) is 19.7 Å². The Hall–Kier alpha value is -2.55. The molecule has 6 nitrogen and oxygen atoms in total. The minimum absolute atomic E-state index is 0.00287. The molecule has 1 aromatic carbocycles. The molecule has 0 saturated carbocycles. The van der Waals surface area contributed by atoms with Gasteiger partial charge < -0.3 is 9.32 Å². The van der Waals surface area contributed by atoms with Crippen LogP contribution in [0, 0.1) is 6.92 Å². The maximum absolute atomic E-state index is 13.1. The highest BCUT2D eigenvalue weighted by Crippen LogP contribution is 2.24. The summed E-state index contributed by atoms with van der Waals surface area (Å²) in [6, 6.07) is 15.3. The highest BCUT2D eigenvalue weighted by molar-refractivity contribution is 7.99. The second-order valence-corrected chi connectivity index (χ2v) is 9.34. The van der Waals surface area contributed by atoms with Crippen molar-refractivity contribution in [1.29, 1.82) is 0 Å². The van der Waals surface area contributed by atoms with Gasteiger partial charge in [-0.1, -0.05) is 29.4 Å². The minimum Gasteiger partial charge on any atom is -0.467 e. The van der Waals surface area contributed by atoms with Crippen LogP contribution in [-0.4, -0.2) is 31.3 Å². The van der Waals surface area contributed by atoms with Crippen molar-refractivity contribution in [2.24, 2.45) is 0 Å². The fraction of sp³-hybridized carbons (Fsp3) is 0.190. The van der Waals surface area contributed by atoms with Crippen LogP contribution in [0.5, 0.6) is 0 Å². The number of amides is 1. The Kier molecular flexibility index (Phi) is 6.56. The summed E-state index contributed by atoms with van der Waals surface area (Å²) in [6.07, 6.45) is 3.24. The molecule has 0 N–H and O–H groups in total. The number of hydrogen-bond donors (Lipinski definition) is 0. The van der Waals surface area contributed by atoms with Crippen molar-refractivity contribution in [3.8, 4) is 5.69 Å². The fourth-order valence-corrected chi connectivity index (χ4v) is 4.85. The predicted octanol–water partition coefficient (Wildman–Crippen LogP) is 5.20. The van der Waals surface area contributed by atoms with Gasteiger partial charge in [0, 0.05) is 14.8 Å². The molecule has 0 aliphatic rings. The third-order valence-corrected chi connectivity index (χ3v) is 6.50. The molecule has 3 aromatic heterocycles. The molecule has 0 unspecified atom stereocenters. The molecule has 154 valence electrons. The monoisotopic (exact) mass is 458 g/mol. The third kappa shape index (κ3) is 5.13. The van der Waals surface area contributed by atoms with Crippen molar-refractivity contribution < 1.29 is 9.21 Å². The number of hydrogen-bond acceptors (Lipinski definition) is 6. The van der Waals surface area contributed by atoms with E-state index >= 15 is 0 Å².